The first-order valence-electron chi connectivity index (χ1n) is 6.02. The van der Waals surface area contributed by atoms with Gasteiger partial charge in [-0.1, -0.05) is 13.0 Å². The fraction of sp³-hybridized carbons (Fsp3) is 0.357. The summed E-state index contributed by atoms with van der Waals surface area (Å²) in [4.78, 5) is 32.8. The molecule has 6 heteroatoms. The Morgan fingerprint density at radius 1 is 1.10 bits per heavy atom. The maximum atomic E-state index is 11.0. The van der Waals surface area contributed by atoms with Gasteiger partial charge in [0, 0.05) is 13.8 Å². The van der Waals surface area contributed by atoms with Gasteiger partial charge in [0.05, 0.1) is 5.92 Å². The molecular formula is C14H16O6. The SMILES string of the molecule is CC(=O)Oc1ccc(CC(C)C(=O)O)cc1OC(C)=O. The van der Waals surface area contributed by atoms with E-state index in [1.54, 1.807) is 13.0 Å². The van der Waals surface area contributed by atoms with Gasteiger partial charge < -0.3 is 14.6 Å². The topological polar surface area (TPSA) is 89.9 Å². The van der Waals surface area contributed by atoms with Crippen LogP contribution in [-0.2, 0) is 20.8 Å². The molecule has 0 aliphatic heterocycles. The maximum absolute atomic E-state index is 11.0. The fourth-order valence-corrected chi connectivity index (χ4v) is 1.59. The van der Waals surface area contributed by atoms with Crippen LogP contribution in [0.4, 0.5) is 0 Å². The summed E-state index contributed by atoms with van der Waals surface area (Å²) in [6.07, 6.45) is 0.282. The molecule has 0 spiro atoms. The molecule has 108 valence electrons. The number of carbonyl (C=O) groups is 3. The van der Waals surface area contributed by atoms with Crippen molar-refractivity contribution in [3.63, 3.8) is 0 Å². The minimum atomic E-state index is -0.914. The first-order chi connectivity index (χ1) is 9.29. The highest BCUT2D eigenvalue weighted by Gasteiger charge is 2.15. The number of rotatable bonds is 5. The van der Waals surface area contributed by atoms with E-state index in [0.717, 1.165) is 0 Å². The third kappa shape index (κ3) is 4.72. The van der Waals surface area contributed by atoms with Gasteiger partial charge in [0.1, 0.15) is 0 Å². The zero-order valence-electron chi connectivity index (χ0n) is 11.5. The molecule has 1 atom stereocenters. The van der Waals surface area contributed by atoms with E-state index in [9.17, 15) is 14.4 Å². The van der Waals surface area contributed by atoms with Crippen LogP contribution in [0.3, 0.4) is 0 Å². The lowest BCUT2D eigenvalue weighted by Gasteiger charge is -2.11. The zero-order valence-corrected chi connectivity index (χ0v) is 11.5. The number of hydrogen-bond acceptors (Lipinski definition) is 5. The third-order valence-electron chi connectivity index (χ3n) is 2.48. The molecule has 0 aromatic heterocycles. The Morgan fingerprint density at radius 3 is 2.15 bits per heavy atom. The van der Waals surface area contributed by atoms with Crippen molar-refractivity contribution in [1.29, 1.82) is 0 Å². The van der Waals surface area contributed by atoms with E-state index >= 15 is 0 Å². The number of esters is 2. The summed E-state index contributed by atoms with van der Waals surface area (Å²) in [5.74, 6) is -2.35. The van der Waals surface area contributed by atoms with Crippen molar-refractivity contribution < 1.29 is 29.0 Å². The summed E-state index contributed by atoms with van der Waals surface area (Å²) in [7, 11) is 0. The maximum Gasteiger partial charge on any atom is 0.308 e. The molecule has 1 N–H and O–H groups in total. The standard InChI is InChI=1S/C14H16O6/c1-8(14(17)18)6-11-4-5-12(19-9(2)15)13(7-11)20-10(3)16/h4-5,7-8H,6H2,1-3H3,(H,17,18). The highest BCUT2D eigenvalue weighted by atomic mass is 16.6. The smallest absolute Gasteiger partial charge is 0.308 e. The molecule has 0 bridgehead atoms. The van der Waals surface area contributed by atoms with Gasteiger partial charge in [-0.25, -0.2) is 0 Å². The van der Waals surface area contributed by atoms with Crippen LogP contribution >= 0.6 is 0 Å². The van der Waals surface area contributed by atoms with Crippen LogP contribution < -0.4 is 9.47 Å². The van der Waals surface area contributed by atoms with Crippen LogP contribution in [-0.4, -0.2) is 23.0 Å². The fourth-order valence-electron chi connectivity index (χ4n) is 1.59. The van der Waals surface area contributed by atoms with Crippen LogP contribution in [0.25, 0.3) is 0 Å². The Labute approximate surface area is 116 Å². The molecule has 1 rings (SSSR count). The molecule has 0 radical (unpaired) electrons. The average molecular weight is 280 g/mol. The van der Waals surface area contributed by atoms with E-state index < -0.39 is 23.8 Å². The first kappa shape index (κ1) is 15.7. The monoisotopic (exact) mass is 280 g/mol. The van der Waals surface area contributed by atoms with E-state index in [4.69, 9.17) is 14.6 Å². The molecule has 0 aliphatic rings. The van der Waals surface area contributed by atoms with E-state index in [-0.39, 0.29) is 17.9 Å². The number of carbonyl (C=O) groups excluding carboxylic acids is 2. The van der Waals surface area contributed by atoms with Gasteiger partial charge in [-0.3, -0.25) is 14.4 Å². The largest absolute Gasteiger partial charge is 0.481 e. The molecular weight excluding hydrogens is 264 g/mol. The van der Waals surface area contributed by atoms with Crippen molar-refractivity contribution in [2.75, 3.05) is 0 Å². The molecule has 0 amide bonds. The Hall–Kier alpha value is -2.37. The van der Waals surface area contributed by atoms with Gasteiger partial charge in [0.2, 0.25) is 0 Å². The highest BCUT2D eigenvalue weighted by Crippen LogP contribution is 2.29. The molecule has 0 heterocycles. The van der Waals surface area contributed by atoms with Crippen molar-refractivity contribution in [3.05, 3.63) is 23.8 Å². The summed E-state index contributed by atoms with van der Waals surface area (Å²) < 4.78 is 9.89. The van der Waals surface area contributed by atoms with Crippen LogP contribution in [0.5, 0.6) is 11.5 Å². The quantitative estimate of drug-likeness (QED) is 0.653. The van der Waals surface area contributed by atoms with E-state index in [0.29, 0.717) is 5.56 Å². The molecule has 1 aromatic rings. The second kappa shape index (κ2) is 6.70. The molecule has 0 saturated heterocycles. The van der Waals surface area contributed by atoms with E-state index in [1.807, 2.05) is 0 Å². The number of carboxylic acids is 1. The Morgan fingerprint density at radius 2 is 1.65 bits per heavy atom. The molecule has 1 aromatic carbocycles. The van der Waals surface area contributed by atoms with Crippen LogP contribution in [0, 0.1) is 5.92 Å². The predicted octanol–water partition coefficient (Wildman–Crippen LogP) is 1.80. The molecule has 0 saturated carbocycles. The summed E-state index contributed by atoms with van der Waals surface area (Å²) >= 11 is 0. The second-order valence-electron chi connectivity index (χ2n) is 4.41. The van der Waals surface area contributed by atoms with Crippen LogP contribution in [0.1, 0.15) is 26.3 Å². The summed E-state index contributed by atoms with van der Waals surface area (Å²) in [5, 5.41) is 8.88. The first-order valence-corrected chi connectivity index (χ1v) is 6.02. The van der Waals surface area contributed by atoms with Crippen molar-refractivity contribution in [1.82, 2.24) is 0 Å². The van der Waals surface area contributed by atoms with Gasteiger partial charge in [-0.15, -0.1) is 0 Å². The zero-order chi connectivity index (χ0) is 15.3. The molecule has 20 heavy (non-hydrogen) atoms. The summed E-state index contributed by atoms with van der Waals surface area (Å²) in [5.41, 5.74) is 0.673. The van der Waals surface area contributed by atoms with Crippen molar-refractivity contribution >= 4 is 17.9 Å². The second-order valence-corrected chi connectivity index (χ2v) is 4.41. The molecule has 0 fully saturated rings. The minimum Gasteiger partial charge on any atom is -0.481 e. The number of benzene rings is 1. The highest BCUT2D eigenvalue weighted by molar-refractivity contribution is 5.74. The predicted molar refractivity (Wildman–Crippen MR) is 69.6 cm³/mol. The normalized spacial score (nSPS) is 11.6. The summed E-state index contributed by atoms with van der Waals surface area (Å²) in [6.45, 7) is 4.04. The van der Waals surface area contributed by atoms with Gasteiger partial charge in [0.25, 0.3) is 0 Å². The van der Waals surface area contributed by atoms with Crippen LogP contribution in [0.15, 0.2) is 18.2 Å². The Bertz CT molecular complexity index is 534. The molecule has 1 unspecified atom stereocenters. The molecule has 0 aliphatic carbocycles. The number of ether oxygens (including phenoxy) is 2. The number of carboxylic acid groups (broad SMARTS) is 1. The third-order valence-corrected chi connectivity index (χ3v) is 2.48. The van der Waals surface area contributed by atoms with Gasteiger partial charge in [0.15, 0.2) is 11.5 Å². The van der Waals surface area contributed by atoms with Gasteiger partial charge in [-0.2, -0.15) is 0 Å². The van der Waals surface area contributed by atoms with Gasteiger partial charge >= 0.3 is 17.9 Å². The average Bonchev–Trinajstić information content (AvgIpc) is 2.31. The van der Waals surface area contributed by atoms with Crippen molar-refractivity contribution in [2.45, 2.75) is 27.2 Å². The Kier molecular flexibility index (Phi) is 5.25. The summed E-state index contributed by atoms with van der Waals surface area (Å²) in [6, 6.07) is 4.60. The lowest BCUT2D eigenvalue weighted by Crippen LogP contribution is -2.13. The van der Waals surface area contributed by atoms with Crippen LogP contribution in [0.2, 0.25) is 0 Å². The van der Waals surface area contributed by atoms with Crippen molar-refractivity contribution in [3.8, 4) is 11.5 Å². The lowest BCUT2D eigenvalue weighted by molar-refractivity contribution is -0.141. The van der Waals surface area contributed by atoms with E-state index in [2.05, 4.69) is 0 Å². The number of hydrogen-bond donors (Lipinski definition) is 1. The van der Waals surface area contributed by atoms with E-state index in [1.165, 1.54) is 26.0 Å². The lowest BCUT2D eigenvalue weighted by atomic mass is 10.0. The minimum absolute atomic E-state index is 0.0998. The molecule has 6 nitrogen and oxygen atoms in total. The number of aliphatic carboxylic acids is 1. The van der Waals surface area contributed by atoms with Crippen molar-refractivity contribution in [2.24, 2.45) is 5.92 Å². The Balaban J connectivity index is 3.03. The van der Waals surface area contributed by atoms with Gasteiger partial charge in [-0.05, 0) is 24.1 Å².